The highest BCUT2D eigenvalue weighted by Gasteiger charge is 2.60. The molecule has 2 saturated heterocycles. The predicted octanol–water partition coefficient (Wildman–Crippen LogP) is 2.12. The second-order valence-corrected chi connectivity index (χ2v) is 11.8. The van der Waals surface area contributed by atoms with Crippen LogP contribution in [0.1, 0.15) is 51.4 Å². The highest BCUT2D eigenvalue weighted by atomic mass is 32.2. The van der Waals surface area contributed by atoms with Gasteiger partial charge in [0.2, 0.25) is 0 Å². The normalized spacial score (nSPS) is 26.2. The number of hydrogen-bond acceptors (Lipinski definition) is 7. The molecular formula is C23H35N3O5S. The molecule has 0 radical (unpaired) electrons. The molecule has 8 nitrogen and oxygen atoms in total. The smallest absolute Gasteiger partial charge is 0.265 e. The zero-order valence-electron chi connectivity index (χ0n) is 18.6. The van der Waals surface area contributed by atoms with Gasteiger partial charge in [-0.1, -0.05) is 6.42 Å². The van der Waals surface area contributed by atoms with Crippen molar-refractivity contribution in [2.45, 2.75) is 61.0 Å². The van der Waals surface area contributed by atoms with Gasteiger partial charge in [-0.2, -0.15) is 0 Å². The van der Waals surface area contributed by atoms with E-state index < -0.39 is 20.5 Å². The summed E-state index contributed by atoms with van der Waals surface area (Å²) in [4.78, 5) is 15.2. The Kier molecular flexibility index (Phi) is 7.09. The van der Waals surface area contributed by atoms with Gasteiger partial charge in [0.1, 0.15) is 12.4 Å². The van der Waals surface area contributed by atoms with E-state index in [9.17, 15) is 18.4 Å². The predicted molar refractivity (Wildman–Crippen MR) is 120 cm³/mol. The Morgan fingerprint density at radius 3 is 2.41 bits per heavy atom. The fourth-order valence-electron chi connectivity index (χ4n) is 5.70. The van der Waals surface area contributed by atoms with Gasteiger partial charge in [-0.25, -0.2) is 13.9 Å². The number of rotatable bonds is 7. The molecule has 3 fully saturated rings. The van der Waals surface area contributed by atoms with E-state index in [0.717, 1.165) is 45.6 Å². The fraction of sp³-hybridized carbons (Fsp3) is 0.696. The monoisotopic (exact) mass is 465 g/mol. The topological polar surface area (TPSA) is 108 Å². The van der Waals surface area contributed by atoms with Crippen LogP contribution in [0.2, 0.25) is 0 Å². The van der Waals surface area contributed by atoms with Gasteiger partial charge in [0, 0.05) is 6.54 Å². The van der Waals surface area contributed by atoms with Crippen LogP contribution in [-0.4, -0.2) is 68.5 Å². The number of ether oxygens (including phenoxy) is 1. The van der Waals surface area contributed by atoms with Crippen molar-refractivity contribution in [2.75, 3.05) is 39.3 Å². The quantitative estimate of drug-likeness (QED) is 0.418. The number of carbonyl (C=O) groups excluding carboxylic acids is 1. The summed E-state index contributed by atoms with van der Waals surface area (Å²) in [6.07, 6.45) is 6.56. The van der Waals surface area contributed by atoms with Crippen molar-refractivity contribution in [2.24, 2.45) is 5.41 Å². The van der Waals surface area contributed by atoms with E-state index in [1.54, 1.807) is 17.6 Å². The number of hydroxylamine groups is 1. The number of hydrogen-bond donors (Lipinski definition) is 3. The van der Waals surface area contributed by atoms with Crippen LogP contribution in [-0.2, 0) is 14.6 Å². The van der Waals surface area contributed by atoms with Crippen LogP contribution in [0.4, 0.5) is 0 Å². The third-order valence-electron chi connectivity index (χ3n) is 7.67. The molecule has 1 atom stereocenters. The van der Waals surface area contributed by atoms with E-state index in [-0.39, 0.29) is 23.2 Å². The van der Waals surface area contributed by atoms with Gasteiger partial charge in [0.15, 0.2) is 14.6 Å². The Balaban J connectivity index is 1.47. The van der Waals surface area contributed by atoms with E-state index in [2.05, 4.69) is 10.2 Å². The maximum Gasteiger partial charge on any atom is 0.265 e. The molecule has 0 aromatic heterocycles. The largest absolute Gasteiger partial charge is 0.492 e. The number of piperidine rings is 2. The molecule has 178 valence electrons. The zero-order valence-corrected chi connectivity index (χ0v) is 19.5. The SMILES string of the molecule is O=C(NO)C1(S(=O)(=O)c2ccc(OCCN3CCCCC3)cc2)CCC2(CCNCC2)C1. The lowest BCUT2D eigenvalue weighted by Gasteiger charge is -2.36. The summed E-state index contributed by atoms with van der Waals surface area (Å²) in [7, 11) is -4.00. The molecule has 2 aliphatic heterocycles. The number of nitrogens with zero attached hydrogens (tertiary/aromatic N) is 1. The van der Waals surface area contributed by atoms with E-state index in [1.165, 1.54) is 31.4 Å². The summed E-state index contributed by atoms with van der Waals surface area (Å²) < 4.78 is 31.5. The van der Waals surface area contributed by atoms with Gasteiger partial charge in [-0.15, -0.1) is 0 Å². The van der Waals surface area contributed by atoms with Crippen LogP contribution in [0, 0.1) is 5.41 Å². The van der Waals surface area contributed by atoms with Gasteiger partial charge in [-0.05, 0) is 101 Å². The molecule has 3 aliphatic rings. The van der Waals surface area contributed by atoms with Crippen LogP contribution in [0.5, 0.6) is 5.75 Å². The molecule has 1 aromatic rings. The van der Waals surface area contributed by atoms with Crippen LogP contribution >= 0.6 is 0 Å². The van der Waals surface area contributed by atoms with Gasteiger partial charge in [-0.3, -0.25) is 14.9 Å². The second-order valence-electron chi connectivity index (χ2n) is 9.59. The lowest BCUT2D eigenvalue weighted by molar-refractivity contribution is -0.132. The summed E-state index contributed by atoms with van der Waals surface area (Å²) in [5.41, 5.74) is 1.47. The molecule has 1 saturated carbocycles. The van der Waals surface area contributed by atoms with Crippen molar-refractivity contribution in [3.8, 4) is 5.75 Å². The Hall–Kier alpha value is -1.68. The van der Waals surface area contributed by atoms with Gasteiger partial charge < -0.3 is 10.1 Å². The molecule has 0 bridgehead atoms. The van der Waals surface area contributed by atoms with Gasteiger partial charge in [0.25, 0.3) is 5.91 Å². The van der Waals surface area contributed by atoms with E-state index >= 15 is 0 Å². The molecule has 32 heavy (non-hydrogen) atoms. The lowest BCUT2D eigenvalue weighted by Crippen LogP contribution is -2.51. The summed E-state index contributed by atoms with van der Waals surface area (Å²) in [5, 5.41) is 12.7. The minimum Gasteiger partial charge on any atom is -0.492 e. The summed E-state index contributed by atoms with van der Waals surface area (Å²) in [5.74, 6) is -0.211. The first-order valence-corrected chi connectivity index (χ1v) is 13.2. The highest BCUT2D eigenvalue weighted by Crippen LogP contribution is 2.54. The van der Waals surface area contributed by atoms with Crippen molar-refractivity contribution in [3.63, 3.8) is 0 Å². The third kappa shape index (κ3) is 4.53. The van der Waals surface area contributed by atoms with Crippen LogP contribution in [0.15, 0.2) is 29.2 Å². The van der Waals surface area contributed by atoms with E-state index in [1.807, 2.05) is 0 Å². The zero-order chi connectivity index (χ0) is 22.7. The highest BCUT2D eigenvalue weighted by molar-refractivity contribution is 7.93. The first-order valence-electron chi connectivity index (χ1n) is 11.8. The summed E-state index contributed by atoms with van der Waals surface area (Å²) in [6.45, 7) is 5.26. The number of carbonyl (C=O) groups is 1. The third-order valence-corrected chi connectivity index (χ3v) is 10.1. The fourth-order valence-corrected chi connectivity index (χ4v) is 7.80. The molecule has 1 spiro atoms. The van der Waals surface area contributed by atoms with Crippen LogP contribution in [0.3, 0.4) is 0 Å². The molecule has 1 aliphatic carbocycles. The number of nitrogens with one attached hydrogen (secondary N) is 2. The number of sulfone groups is 1. The Morgan fingerprint density at radius 2 is 1.75 bits per heavy atom. The van der Waals surface area contributed by atoms with Crippen LogP contribution in [0.25, 0.3) is 0 Å². The molecule has 3 N–H and O–H groups in total. The first kappa shape index (κ1) is 23.5. The van der Waals surface area contributed by atoms with Gasteiger partial charge >= 0.3 is 0 Å². The van der Waals surface area contributed by atoms with E-state index in [0.29, 0.717) is 18.8 Å². The summed E-state index contributed by atoms with van der Waals surface area (Å²) in [6, 6.07) is 6.35. The Morgan fingerprint density at radius 1 is 1.06 bits per heavy atom. The number of benzene rings is 1. The minimum atomic E-state index is -4.00. The molecule has 4 rings (SSSR count). The average molecular weight is 466 g/mol. The van der Waals surface area contributed by atoms with Crippen LogP contribution < -0.4 is 15.5 Å². The maximum atomic E-state index is 13.7. The lowest BCUT2D eigenvalue weighted by atomic mass is 9.77. The summed E-state index contributed by atoms with van der Waals surface area (Å²) >= 11 is 0. The molecule has 1 aromatic carbocycles. The van der Waals surface area contributed by atoms with Crippen molar-refractivity contribution < 1.29 is 23.2 Å². The average Bonchev–Trinajstić information content (AvgIpc) is 3.20. The second kappa shape index (κ2) is 9.67. The molecular weight excluding hydrogens is 430 g/mol. The molecule has 1 unspecified atom stereocenters. The Labute approximate surface area is 190 Å². The molecule has 9 heteroatoms. The molecule has 2 heterocycles. The Bertz CT molecular complexity index is 893. The molecule has 1 amide bonds. The van der Waals surface area contributed by atoms with Gasteiger partial charge in [0.05, 0.1) is 4.90 Å². The van der Waals surface area contributed by atoms with Crippen molar-refractivity contribution in [1.82, 2.24) is 15.7 Å². The minimum absolute atomic E-state index is 0.0930. The number of amides is 1. The maximum absolute atomic E-state index is 13.7. The van der Waals surface area contributed by atoms with E-state index in [4.69, 9.17) is 4.74 Å². The van der Waals surface area contributed by atoms with Crippen molar-refractivity contribution >= 4 is 15.7 Å². The number of likely N-dealkylation sites (tertiary alicyclic amines) is 1. The van der Waals surface area contributed by atoms with Crippen molar-refractivity contribution in [3.05, 3.63) is 24.3 Å². The first-order chi connectivity index (χ1) is 15.4. The standard InChI is InChI=1S/C23H35N3O5S/c27-21(25-28)23(9-8-22(18-23)10-12-24-13-11-22)32(29,30)20-6-4-19(5-7-20)31-17-16-26-14-2-1-3-15-26/h4-7,24,28H,1-3,8-18H2,(H,25,27). The van der Waals surface area contributed by atoms with Crippen molar-refractivity contribution in [1.29, 1.82) is 0 Å².